The highest BCUT2D eigenvalue weighted by molar-refractivity contribution is 5.13. The van der Waals surface area contributed by atoms with Gasteiger partial charge >= 0.3 is 0 Å². The molecule has 3 rings (SSSR count). The van der Waals surface area contributed by atoms with E-state index in [2.05, 4.69) is 39.9 Å². The molecular weight excluding hydrogens is 218 g/mol. The topological polar surface area (TPSA) is 12.0 Å². The van der Waals surface area contributed by atoms with Crippen LogP contribution in [0.15, 0.2) is 0 Å². The molecule has 3 aliphatic rings. The fourth-order valence-electron chi connectivity index (χ4n) is 5.55. The molecule has 0 aromatic rings. The van der Waals surface area contributed by atoms with Crippen LogP contribution in [0.5, 0.6) is 0 Å². The minimum atomic E-state index is 0.506. The summed E-state index contributed by atoms with van der Waals surface area (Å²) in [7, 11) is 0. The van der Waals surface area contributed by atoms with Gasteiger partial charge in [-0.15, -0.1) is 0 Å². The smallest absolute Gasteiger partial charge is 0.0178 e. The second-order valence-electron chi connectivity index (χ2n) is 8.95. The molecule has 0 spiro atoms. The maximum Gasteiger partial charge on any atom is 0.0178 e. The molecule has 4 atom stereocenters. The summed E-state index contributed by atoms with van der Waals surface area (Å²) in [6.07, 6.45) is 8.59. The first kappa shape index (κ1) is 13.0. The van der Waals surface area contributed by atoms with Crippen molar-refractivity contribution in [1.82, 2.24) is 5.32 Å². The van der Waals surface area contributed by atoms with Crippen molar-refractivity contribution < 1.29 is 0 Å². The second kappa shape index (κ2) is 3.75. The highest BCUT2D eigenvalue weighted by Gasteiger charge is 2.60. The SMILES string of the molecule is CC1(C)CCCC1NC1C(C)(C)[C@H]2CC[C@]1(C)C2. The zero-order valence-electron chi connectivity index (χ0n) is 13.0. The van der Waals surface area contributed by atoms with Gasteiger partial charge in [-0.3, -0.25) is 0 Å². The Bertz CT molecular complexity index is 339. The van der Waals surface area contributed by atoms with Gasteiger partial charge in [0, 0.05) is 12.1 Å². The van der Waals surface area contributed by atoms with E-state index in [1.165, 1.54) is 38.5 Å². The summed E-state index contributed by atoms with van der Waals surface area (Å²) >= 11 is 0. The molecule has 0 heterocycles. The monoisotopic (exact) mass is 249 g/mol. The number of fused-ring (bicyclic) bond motifs is 2. The summed E-state index contributed by atoms with van der Waals surface area (Å²) in [6.45, 7) is 12.5. The van der Waals surface area contributed by atoms with E-state index >= 15 is 0 Å². The Labute approximate surface area is 113 Å². The lowest BCUT2D eigenvalue weighted by Gasteiger charge is -2.46. The second-order valence-corrected chi connectivity index (χ2v) is 8.95. The molecule has 1 N–H and O–H groups in total. The van der Waals surface area contributed by atoms with Gasteiger partial charge in [-0.25, -0.2) is 0 Å². The Hall–Kier alpha value is -0.0400. The van der Waals surface area contributed by atoms with Gasteiger partial charge in [-0.2, -0.15) is 0 Å². The fourth-order valence-corrected chi connectivity index (χ4v) is 5.55. The van der Waals surface area contributed by atoms with Crippen LogP contribution in [0.4, 0.5) is 0 Å². The lowest BCUT2D eigenvalue weighted by molar-refractivity contribution is 0.0829. The van der Waals surface area contributed by atoms with Crippen LogP contribution in [0, 0.1) is 22.2 Å². The average molecular weight is 249 g/mol. The highest BCUT2D eigenvalue weighted by atomic mass is 15.0. The van der Waals surface area contributed by atoms with Gasteiger partial charge in [0.25, 0.3) is 0 Å². The number of hydrogen-bond donors (Lipinski definition) is 1. The summed E-state index contributed by atoms with van der Waals surface area (Å²) in [5.74, 6) is 0.963. The van der Waals surface area contributed by atoms with Gasteiger partial charge in [-0.1, -0.05) is 41.0 Å². The van der Waals surface area contributed by atoms with Gasteiger partial charge < -0.3 is 5.32 Å². The lowest BCUT2D eigenvalue weighted by atomic mass is 9.67. The van der Waals surface area contributed by atoms with Crippen LogP contribution in [0.3, 0.4) is 0 Å². The molecule has 3 fully saturated rings. The van der Waals surface area contributed by atoms with Crippen molar-refractivity contribution in [2.75, 3.05) is 0 Å². The first-order valence-electron chi connectivity index (χ1n) is 8.02. The van der Waals surface area contributed by atoms with Crippen LogP contribution in [-0.2, 0) is 0 Å². The molecular formula is C17H31N. The molecule has 0 radical (unpaired) electrons. The maximum absolute atomic E-state index is 4.13. The minimum Gasteiger partial charge on any atom is -0.310 e. The molecule has 0 aliphatic heterocycles. The highest BCUT2D eigenvalue weighted by Crippen LogP contribution is 2.62. The molecule has 0 saturated heterocycles. The summed E-state index contributed by atoms with van der Waals surface area (Å²) in [4.78, 5) is 0. The van der Waals surface area contributed by atoms with Crippen molar-refractivity contribution in [3.05, 3.63) is 0 Å². The summed E-state index contributed by atoms with van der Waals surface area (Å²) in [5, 5.41) is 4.13. The van der Waals surface area contributed by atoms with Gasteiger partial charge in [0.15, 0.2) is 0 Å². The Balaban J connectivity index is 1.80. The molecule has 1 heteroatoms. The summed E-state index contributed by atoms with van der Waals surface area (Å²) in [5.41, 5.74) is 1.59. The number of rotatable bonds is 2. The van der Waals surface area contributed by atoms with Crippen molar-refractivity contribution in [2.45, 2.75) is 85.2 Å². The molecule has 2 bridgehead atoms. The van der Waals surface area contributed by atoms with Crippen molar-refractivity contribution in [3.8, 4) is 0 Å². The van der Waals surface area contributed by atoms with E-state index in [0.29, 0.717) is 16.2 Å². The molecule has 2 unspecified atom stereocenters. The molecule has 0 aromatic carbocycles. The molecule has 3 saturated carbocycles. The Kier molecular flexibility index (Phi) is 2.70. The van der Waals surface area contributed by atoms with Gasteiger partial charge in [-0.05, 0) is 54.3 Å². The molecule has 18 heavy (non-hydrogen) atoms. The van der Waals surface area contributed by atoms with E-state index in [-0.39, 0.29) is 0 Å². The molecule has 1 nitrogen and oxygen atoms in total. The predicted molar refractivity (Wildman–Crippen MR) is 77.6 cm³/mol. The molecule has 104 valence electrons. The van der Waals surface area contributed by atoms with Crippen molar-refractivity contribution in [2.24, 2.45) is 22.2 Å². The first-order valence-corrected chi connectivity index (χ1v) is 8.02. The predicted octanol–water partition coefficient (Wildman–Crippen LogP) is 4.37. The normalized spacial score (nSPS) is 48.8. The van der Waals surface area contributed by atoms with E-state index < -0.39 is 0 Å². The summed E-state index contributed by atoms with van der Waals surface area (Å²) in [6, 6.07) is 1.49. The molecule has 0 amide bonds. The standard InChI is InChI=1S/C17H31N/c1-15(2)9-6-7-13(15)18-14-16(3,4)12-8-10-17(14,5)11-12/h12-14,18H,6-11H2,1-5H3/t12-,13?,14?,17+/m0/s1. The summed E-state index contributed by atoms with van der Waals surface area (Å²) < 4.78 is 0. The van der Waals surface area contributed by atoms with Crippen LogP contribution >= 0.6 is 0 Å². The van der Waals surface area contributed by atoms with E-state index in [0.717, 1.165) is 18.0 Å². The van der Waals surface area contributed by atoms with Gasteiger partial charge in [0.05, 0.1) is 0 Å². The molecule has 3 aliphatic carbocycles. The maximum atomic E-state index is 4.13. The van der Waals surface area contributed by atoms with E-state index in [1.54, 1.807) is 0 Å². The first-order chi connectivity index (χ1) is 8.26. The van der Waals surface area contributed by atoms with Crippen LogP contribution in [0.2, 0.25) is 0 Å². The zero-order valence-corrected chi connectivity index (χ0v) is 13.0. The molecule has 0 aromatic heterocycles. The average Bonchev–Trinajstić information content (AvgIpc) is 2.83. The van der Waals surface area contributed by atoms with Crippen LogP contribution in [-0.4, -0.2) is 12.1 Å². The third-order valence-electron chi connectivity index (χ3n) is 6.89. The van der Waals surface area contributed by atoms with Crippen LogP contribution < -0.4 is 5.32 Å². The van der Waals surface area contributed by atoms with E-state index in [9.17, 15) is 0 Å². The Morgan fingerprint density at radius 3 is 2.17 bits per heavy atom. The van der Waals surface area contributed by atoms with Gasteiger partial charge in [0.1, 0.15) is 0 Å². The van der Waals surface area contributed by atoms with Crippen molar-refractivity contribution >= 4 is 0 Å². The zero-order chi connectivity index (χ0) is 13.2. The lowest BCUT2D eigenvalue weighted by Crippen LogP contribution is -2.55. The van der Waals surface area contributed by atoms with Gasteiger partial charge in [0.2, 0.25) is 0 Å². The van der Waals surface area contributed by atoms with Crippen molar-refractivity contribution in [1.29, 1.82) is 0 Å². The Morgan fingerprint density at radius 1 is 0.944 bits per heavy atom. The van der Waals surface area contributed by atoms with Crippen molar-refractivity contribution in [3.63, 3.8) is 0 Å². The van der Waals surface area contributed by atoms with E-state index in [4.69, 9.17) is 0 Å². The van der Waals surface area contributed by atoms with E-state index in [1.807, 2.05) is 0 Å². The third-order valence-corrected chi connectivity index (χ3v) is 6.89. The fraction of sp³-hybridized carbons (Fsp3) is 1.00. The van der Waals surface area contributed by atoms with Crippen LogP contribution in [0.25, 0.3) is 0 Å². The minimum absolute atomic E-state index is 0.506. The number of nitrogens with one attached hydrogen (secondary N) is 1. The van der Waals surface area contributed by atoms with Crippen LogP contribution in [0.1, 0.15) is 73.1 Å². The number of hydrogen-bond acceptors (Lipinski definition) is 1. The third kappa shape index (κ3) is 1.69. The quantitative estimate of drug-likeness (QED) is 0.766. The Morgan fingerprint density at radius 2 is 1.67 bits per heavy atom. The largest absolute Gasteiger partial charge is 0.310 e.